The normalized spacial score (nSPS) is 14.5. The molecule has 1 saturated heterocycles. The molecule has 6 nitrogen and oxygen atoms in total. The third kappa shape index (κ3) is 6.04. The second-order valence-corrected chi connectivity index (χ2v) is 9.77. The molecule has 33 heavy (non-hydrogen) atoms. The van der Waals surface area contributed by atoms with E-state index >= 15 is 0 Å². The summed E-state index contributed by atoms with van der Waals surface area (Å²) in [7, 11) is 1.52. The molecule has 0 bridgehead atoms. The molecule has 1 heterocycles. The third-order valence-corrected chi connectivity index (χ3v) is 6.92. The smallest absolute Gasteiger partial charge is 0.266 e. The van der Waals surface area contributed by atoms with Crippen LogP contribution in [0.5, 0.6) is 11.5 Å². The number of benzene rings is 2. The zero-order chi connectivity index (χ0) is 24.1. The van der Waals surface area contributed by atoms with E-state index in [1.807, 2.05) is 26.0 Å². The van der Waals surface area contributed by atoms with Gasteiger partial charge in [0.2, 0.25) is 0 Å². The molecular weight excluding hydrogens is 524 g/mol. The molecule has 3 rings (SSSR count). The van der Waals surface area contributed by atoms with Crippen LogP contribution in [0, 0.1) is 13.8 Å². The molecular formula is C24H23BrN2O4S2. The third-order valence-electron chi connectivity index (χ3n) is 4.89. The van der Waals surface area contributed by atoms with Gasteiger partial charge < -0.3 is 14.8 Å². The maximum absolute atomic E-state index is 12.5. The van der Waals surface area contributed by atoms with Gasteiger partial charge in [-0.2, -0.15) is 0 Å². The minimum Gasteiger partial charge on any atom is -0.493 e. The Hall–Kier alpha value is -2.62. The summed E-state index contributed by atoms with van der Waals surface area (Å²) in [6.07, 6.45) is 3.39. The molecule has 0 aliphatic carbocycles. The summed E-state index contributed by atoms with van der Waals surface area (Å²) < 4.78 is 12.4. The van der Waals surface area contributed by atoms with E-state index in [1.54, 1.807) is 30.4 Å². The predicted molar refractivity (Wildman–Crippen MR) is 141 cm³/mol. The van der Waals surface area contributed by atoms with Crippen molar-refractivity contribution in [2.24, 2.45) is 0 Å². The summed E-state index contributed by atoms with van der Waals surface area (Å²) >= 11 is 9.98. The molecule has 0 spiro atoms. The van der Waals surface area contributed by atoms with Crippen LogP contribution in [0.1, 0.15) is 16.7 Å². The van der Waals surface area contributed by atoms with Gasteiger partial charge in [0, 0.05) is 11.0 Å². The van der Waals surface area contributed by atoms with Crippen LogP contribution in [0.2, 0.25) is 0 Å². The monoisotopic (exact) mass is 546 g/mol. The SMILES string of the molecule is C=CCN1C(=O)/C(=C\c2ccc(OCC(=O)Nc3cc(C)c(C)cc3Br)c(OC)c2)SC1=S. The first-order chi connectivity index (χ1) is 15.7. The minimum atomic E-state index is -0.295. The van der Waals surface area contributed by atoms with Crippen molar-refractivity contribution in [2.45, 2.75) is 13.8 Å². The first kappa shape index (κ1) is 25.0. The first-order valence-corrected chi connectivity index (χ1v) is 12.0. The van der Waals surface area contributed by atoms with Crippen LogP contribution in [0.15, 0.2) is 52.4 Å². The van der Waals surface area contributed by atoms with Gasteiger partial charge in [-0.05, 0) is 76.8 Å². The molecule has 2 aromatic rings. The number of thiocarbonyl (C=S) groups is 1. The van der Waals surface area contributed by atoms with Gasteiger partial charge in [-0.25, -0.2) is 0 Å². The van der Waals surface area contributed by atoms with Crippen molar-refractivity contribution >= 4 is 67.8 Å². The Morgan fingerprint density at radius 3 is 2.67 bits per heavy atom. The lowest BCUT2D eigenvalue weighted by Gasteiger charge is -2.13. The van der Waals surface area contributed by atoms with Crippen molar-refractivity contribution in [1.29, 1.82) is 0 Å². The van der Waals surface area contributed by atoms with E-state index in [2.05, 4.69) is 27.8 Å². The molecule has 2 aromatic carbocycles. The Morgan fingerprint density at radius 1 is 1.24 bits per heavy atom. The van der Waals surface area contributed by atoms with Crippen molar-refractivity contribution < 1.29 is 19.1 Å². The van der Waals surface area contributed by atoms with Crippen molar-refractivity contribution in [3.05, 3.63) is 69.1 Å². The van der Waals surface area contributed by atoms with Gasteiger partial charge >= 0.3 is 0 Å². The highest BCUT2D eigenvalue weighted by Crippen LogP contribution is 2.34. The number of carbonyl (C=O) groups excluding carboxylic acids is 2. The second kappa shape index (κ2) is 11.0. The van der Waals surface area contributed by atoms with E-state index in [0.29, 0.717) is 33.0 Å². The second-order valence-electron chi connectivity index (χ2n) is 7.24. The highest BCUT2D eigenvalue weighted by atomic mass is 79.9. The molecule has 0 radical (unpaired) electrons. The number of rotatable bonds is 8. The highest BCUT2D eigenvalue weighted by Gasteiger charge is 2.31. The van der Waals surface area contributed by atoms with Crippen molar-refractivity contribution in [3.63, 3.8) is 0 Å². The summed E-state index contributed by atoms with van der Waals surface area (Å²) in [5.74, 6) is 0.419. The van der Waals surface area contributed by atoms with Gasteiger partial charge in [0.25, 0.3) is 11.8 Å². The number of nitrogens with one attached hydrogen (secondary N) is 1. The van der Waals surface area contributed by atoms with Crippen molar-refractivity contribution in [1.82, 2.24) is 4.90 Å². The number of anilines is 1. The summed E-state index contributed by atoms with van der Waals surface area (Å²) in [5.41, 5.74) is 3.64. The summed E-state index contributed by atoms with van der Waals surface area (Å²) in [5, 5.41) is 2.84. The zero-order valence-electron chi connectivity index (χ0n) is 18.4. The zero-order valence-corrected chi connectivity index (χ0v) is 21.7. The van der Waals surface area contributed by atoms with Gasteiger partial charge in [-0.1, -0.05) is 36.1 Å². The summed E-state index contributed by atoms with van der Waals surface area (Å²) in [6, 6.07) is 9.10. The number of hydrogen-bond acceptors (Lipinski definition) is 6. The largest absolute Gasteiger partial charge is 0.493 e. The fraction of sp³-hybridized carbons (Fsp3) is 0.208. The van der Waals surface area contributed by atoms with Crippen LogP contribution < -0.4 is 14.8 Å². The fourth-order valence-electron chi connectivity index (χ4n) is 3.04. The summed E-state index contributed by atoms with van der Waals surface area (Å²) in [4.78, 5) is 27.0. The lowest BCUT2D eigenvalue weighted by atomic mass is 10.1. The number of methoxy groups -OCH3 is 1. The lowest BCUT2D eigenvalue weighted by Crippen LogP contribution is -2.27. The molecule has 9 heteroatoms. The molecule has 1 fully saturated rings. The number of aryl methyl sites for hydroxylation is 2. The maximum atomic E-state index is 12.5. The molecule has 1 N–H and O–H groups in total. The molecule has 2 amide bonds. The predicted octanol–water partition coefficient (Wildman–Crippen LogP) is 5.48. The molecule has 0 atom stereocenters. The van der Waals surface area contributed by atoms with Crippen molar-refractivity contribution in [3.8, 4) is 11.5 Å². The Labute approximate surface area is 211 Å². The summed E-state index contributed by atoms with van der Waals surface area (Å²) in [6.45, 7) is 7.84. The lowest BCUT2D eigenvalue weighted by molar-refractivity contribution is -0.121. The molecule has 1 aliphatic heterocycles. The van der Waals surface area contributed by atoms with E-state index in [0.717, 1.165) is 21.2 Å². The molecule has 172 valence electrons. The number of amides is 2. The topological polar surface area (TPSA) is 67.9 Å². The van der Waals surface area contributed by atoms with Crippen LogP contribution in [-0.4, -0.2) is 41.3 Å². The van der Waals surface area contributed by atoms with Crippen LogP contribution in [-0.2, 0) is 9.59 Å². The van der Waals surface area contributed by atoms with Gasteiger partial charge in [-0.15, -0.1) is 6.58 Å². The number of thioether (sulfide) groups is 1. The average molecular weight is 547 g/mol. The highest BCUT2D eigenvalue weighted by molar-refractivity contribution is 9.10. The van der Waals surface area contributed by atoms with Crippen LogP contribution in [0.25, 0.3) is 6.08 Å². The Morgan fingerprint density at radius 2 is 1.97 bits per heavy atom. The number of halogens is 1. The van der Waals surface area contributed by atoms with Crippen LogP contribution in [0.4, 0.5) is 5.69 Å². The maximum Gasteiger partial charge on any atom is 0.266 e. The molecule has 0 saturated carbocycles. The minimum absolute atomic E-state index is 0.154. The van der Waals surface area contributed by atoms with Crippen LogP contribution >= 0.6 is 39.9 Å². The number of nitrogens with zero attached hydrogens (tertiary/aromatic N) is 1. The Kier molecular flexibility index (Phi) is 8.34. The van der Waals surface area contributed by atoms with Gasteiger partial charge in [0.1, 0.15) is 4.32 Å². The Bertz CT molecular complexity index is 1160. The number of hydrogen-bond donors (Lipinski definition) is 1. The molecule has 0 unspecified atom stereocenters. The van der Waals surface area contributed by atoms with Gasteiger partial charge in [0.05, 0.1) is 17.7 Å². The Balaban J connectivity index is 1.69. The first-order valence-electron chi connectivity index (χ1n) is 9.97. The van der Waals surface area contributed by atoms with E-state index in [9.17, 15) is 9.59 Å². The number of carbonyl (C=O) groups is 2. The average Bonchev–Trinajstić information content (AvgIpc) is 3.04. The quantitative estimate of drug-likeness (QED) is 0.268. The fourth-order valence-corrected chi connectivity index (χ4v) is 4.87. The molecule has 0 aromatic heterocycles. The van der Waals surface area contributed by atoms with Crippen LogP contribution in [0.3, 0.4) is 0 Å². The number of ether oxygens (including phenoxy) is 2. The van der Waals surface area contributed by atoms with Gasteiger partial charge in [-0.3, -0.25) is 14.5 Å². The van der Waals surface area contributed by atoms with Crippen molar-refractivity contribution in [2.75, 3.05) is 25.6 Å². The van der Waals surface area contributed by atoms with E-state index in [4.69, 9.17) is 21.7 Å². The molecule has 1 aliphatic rings. The van der Waals surface area contributed by atoms with Gasteiger partial charge in [0.15, 0.2) is 18.1 Å². The van der Waals surface area contributed by atoms with E-state index < -0.39 is 0 Å². The van der Waals surface area contributed by atoms with E-state index in [-0.39, 0.29) is 18.4 Å². The standard InChI is InChI=1S/C24H23BrN2O4S2/c1-5-8-27-23(29)21(33-24(27)32)12-16-6-7-19(20(11-16)30-4)31-13-22(28)26-18-10-15(3)14(2)9-17(18)25/h5-7,9-12H,1,8,13H2,2-4H3,(H,26,28)/b21-12+. The van der Waals surface area contributed by atoms with E-state index in [1.165, 1.54) is 23.8 Å².